The van der Waals surface area contributed by atoms with E-state index in [0.29, 0.717) is 13.0 Å². The Bertz CT molecular complexity index is 1040. The van der Waals surface area contributed by atoms with Gasteiger partial charge < -0.3 is 34.3 Å². The van der Waals surface area contributed by atoms with E-state index in [4.69, 9.17) is 23.5 Å². The number of aliphatic hydroxyl groups excluding tert-OH is 3. The molecule has 0 aromatic heterocycles. The molecule has 1 saturated heterocycles. The van der Waals surface area contributed by atoms with Crippen LogP contribution in [0.2, 0.25) is 0 Å². The average molecular weight is 779 g/mol. The summed E-state index contributed by atoms with van der Waals surface area (Å²) in [5.74, 6) is -0.418. The van der Waals surface area contributed by atoms with Crippen molar-refractivity contribution in [2.24, 2.45) is 0 Å². The van der Waals surface area contributed by atoms with E-state index in [1.807, 2.05) is 0 Å². The molecular formula is C40H74O12S. The van der Waals surface area contributed by atoms with Crippen molar-refractivity contribution in [3.05, 3.63) is 24.3 Å². The standard InChI is InChI=1S/C40H74O12S/c1-3-5-7-9-10-11-12-13-14-15-16-17-18-19-20-21-22-23-24-25-26-28-30-48-32-34(50-36(42)29-27-8-6-4-2)33-49-40-38(44)39(52-53(45,46)47)37(43)35(31-41)51-40/h12-13,15-16,34-35,37-41,43-44H,3-11,14,17-33H2,1-2H3,(H,45,46,47)/b13-12-,16-15-. The van der Waals surface area contributed by atoms with Crippen molar-refractivity contribution in [1.29, 1.82) is 0 Å². The minimum atomic E-state index is -5.05. The topological polar surface area (TPSA) is 178 Å². The first-order valence-electron chi connectivity index (χ1n) is 20.6. The highest BCUT2D eigenvalue weighted by Crippen LogP contribution is 2.26. The van der Waals surface area contributed by atoms with Crippen LogP contribution in [-0.2, 0) is 38.3 Å². The lowest BCUT2D eigenvalue weighted by Gasteiger charge is -2.41. The van der Waals surface area contributed by atoms with Gasteiger partial charge in [0.2, 0.25) is 0 Å². The molecule has 1 rings (SSSR count). The molecule has 6 unspecified atom stereocenters. The molecule has 4 N–H and O–H groups in total. The van der Waals surface area contributed by atoms with Gasteiger partial charge >= 0.3 is 16.4 Å². The molecule has 53 heavy (non-hydrogen) atoms. The second kappa shape index (κ2) is 32.8. The molecule has 13 heteroatoms. The average Bonchev–Trinajstić information content (AvgIpc) is 3.12. The summed E-state index contributed by atoms with van der Waals surface area (Å²) in [5.41, 5.74) is 0. The third kappa shape index (κ3) is 26.9. The fourth-order valence-corrected chi connectivity index (χ4v) is 6.68. The van der Waals surface area contributed by atoms with Crippen molar-refractivity contribution in [3.63, 3.8) is 0 Å². The maximum atomic E-state index is 12.5. The van der Waals surface area contributed by atoms with Gasteiger partial charge in [0.1, 0.15) is 30.5 Å². The molecule has 6 atom stereocenters. The van der Waals surface area contributed by atoms with Gasteiger partial charge in [0, 0.05) is 13.0 Å². The highest BCUT2D eigenvalue weighted by molar-refractivity contribution is 7.80. The second-order valence-electron chi connectivity index (χ2n) is 14.2. The quantitative estimate of drug-likeness (QED) is 0.0214. The number of carbonyl (C=O) groups excluding carboxylic acids is 1. The van der Waals surface area contributed by atoms with Crippen LogP contribution in [0.5, 0.6) is 0 Å². The maximum absolute atomic E-state index is 12.5. The minimum absolute atomic E-state index is 0.0343. The first kappa shape index (κ1) is 49.6. The van der Waals surface area contributed by atoms with Gasteiger partial charge in [-0.05, 0) is 44.9 Å². The van der Waals surface area contributed by atoms with Crippen molar-refractivity contribution < 1.29 is 56.2 Å². The molecule has 0 spiro atoms. The van der Waals surface area contributed by atoms with Crippen LogP contribution < -0.4 is 0 Å². The molecule has 0 aromatic carbocycles. The normalized spacial score (nSPS) is 21.5. The predicted octanol–water partition coefficient (Wildman–Crippen LogP) is 7.68. The van der Waals surface area contributed by atoms with Crippen LogP contribution in [0, 0.1) is 0 Å². The highest BCUT2D eigenvalue weighted by atomic mass is 32.3. The first-order chi connectivity index (χ1) is 25.6. The number of aliphatic hydroxyl groups is 3. The zero-order valence-corrected chi connectivity index (χ0v) is 33.6. The van der Waals surface area contributed by atoms with Gasteiger partial charge in [0.25, 0.3) is 0 Å². The molecule has 0 radical (unpaired) electrons. The first-order valence-corrected chi connectivity index (χ1v) is 22.0. The summed E-state index contributed by atoms with van der Waals surface area (Å²) in [6, 6.07) is 0. The lowest BCUT2D eigenvalue weighted by Crippen LogP contribution is -2.60. The van der Waals surface area contributed by atoms with E-state index >= 15 is 0 Å². The van der Waals surface area contributed by atoms with Gasteiger partial charge in [-0.25, -0.2) is 4.18 Å². The number of esters is 1. The van der Waals surface area contributed by atoms with Crippen LogP contribution in [0.25, 0.3) is 0 Å². The smallest absolute Gasteiger partial charge is 0.397 e. The SMILES string of the molecule is CCCCCCC/C=C\C/C=C\CCCCCCCCCCCCOCC(COC1OC(CO)C(O)C(OS(=O)(=O)O)C1O)OC(=O)CCCCCC. The minimum Gasteiger partial charge on any atom is -0.457 e. The number of ether oxygens (including phenoxy) is 4. The van der Waals surface area contributed by atoms with E-state index in [-0.39, 0.29) is 19.6 Å². The van der Waals surface area contributed by atoms with E-state index in [9.17, 15) is 28.5 Å². The van der Waals surface area contributed by atoms with Crippen LogP contribution in [-0.4, -0.2) is 97.5 Å². The Hall–Kier alpha value is -1.42. The summed E-state index contributed by atoms with van der Waals surface area (Å²) in [6.07, 6.45) is 25.8. The molecule has 0 amide bonds. The van der Waals surface area contributed by atoms with Crippen molar-refractivity contribution >= 4 is 16.4 Å². The Morgan fingerprint density at radius 1 is 0.717 bits per heavy atom. The number of carbonyl (C=O) groups is 1. The summed E-state index contributed by atoms with van der Waals surface area (Å²) in [5, 5.41) is 30.4. The Balaban J connectivity index is 2.26. The Morgan fingerprint density at radius 3 is 1.79 bits per heavy atom. The zero-order chi connectivity index (χ0) is 39.0. The predicted molar refractivity (Wildman–Crippen MR) is 207 cm³/mol. The molecule has 0 bridgehead atoms. The van der Waals surface area contributed by atoms with Gasteiger partial charge in [-0.2, -0.15) is 8.42 Å². The molecule has 1 fully saturated rings. The lowest BCUT2D eigenvalue weighted by molar-refractivity contribution is -0.301. The summed E-state index contributed by atoms with van der Waals surface area (Å²) >= 11 is 0. The number of hydrogen-bond donors (Lipinski definition) is 4. The largest absolute Gasteiger partial charge is 0.457 e. The van der Waals surface area contributed by atoms with Crippen LogP contribution >= 0.6 is 0 Å². The fraction of sp³-hybridized carbons (Fsp3) is 0.875. The van der Waals surface area contributed by atoms with E-state index in [1.165, 1.54) is 89.9 Å². The number of unbranched alkanes of at least 4 members (excludes halogenated alkanes) is 18. The molecule has 1 aliphatic rings. The van der Waals surface area contributed by atoms with Crippen LogP contribution in [0.3, 0.4) is 0 Å². The van der Waals surface area contributed by atoms with Crippen molar-refractivity contribution in [2.75, 3.05) is 26.4 Å². The molecule has 12 nitrogen and oxygen atoms in total. The van der Waals surface area contributed by atoms with E-state index in [2.05, 4.69) is 42.3 Å². The number of hydrogen-bond acceptors (Lipinski definition) is 11. The summed E-state index contributed by atoms with van der Waals surface area (Å²) in [6.45, 7) is 3.82. The van der Waals surface area contributed by atoms with E-state index < -0.39 is 59.8 Å². The Kier molecular flexibility index (Phi) is 30.7. The van der Waals surface area contributed by atoms with Crippen molar-refractivity contribution in [1.82, 2.24) is 0 Å². The van der Waals surface area contributed by atoms with Crippen molar-refractivity contribution in [2.45, 2.75) is 198 Å². The van der Waals surface area contributed by atoms with E-state index in [0.717, 1.165) is 44.9 Å². The third-order valence-corrected chi connectivity index (χ3v) is 9.79. The summed E-state index contributed by atoms with van der Waals surface area (Å²) in [4.78, 5) is 12.5. The van der Waals surface area contributed by atoms with Crippen LogP contribution in [0.15, 0.2) is 24.3 Å². The van der Waals surface area contributed by atoms with Crippen LogP contribution in [0.4, 0.5) is 0 Å². The summed E-state index contributed by atoms with van der Waals surface area (Å²) in [7, 11) is -5.05. The third-order valence-electron chi connectivity index (χ3n) is 9.33. The number of rotatable bonds is 35. The molecule has 1 aliphatic heterocycles. The monoisotopic (exact) mass is 778 g/mol. The molecule has 0 saturated carbocycles. The summed E-state index contributed by atoms with van der Waals surface area (Å²) < 4.78 is 58.5. The van der Waals surface area contributed by atoms with Gasteiger partial charge in [-0.15, -0.1) is 0 Å². The molecular weight excluding hydrogens is 704 g/mol. The van der Waals surface area contributed by atoms with E-state index in [1.54, 1.807) is 0 Å². The van der Waals surface area contributed by atoms with Gasteiger partial charge in [-0.3, -0.25) is 9.35 Å². The molecule has 312 valence electrons. The lowest BCUT2D eigenvalue weighted by atomic mass is 9.99. The van der Waals surface area contributed by atoms with Crippen molar-refractivity contribution in [3.8, 4) is 0 Å². The Morgan fingerprint density at radius 2 is 1.25 bits per heavy atom. The second-order valence-corrected chi connectivity index (χ2v) is 15.3. The van der Waals surface area contributed by atoms with Gasteiger partial charge in [-0.1, -0.05) is 134 Å². The molecule has 1 heterocycles. The van der Waals surface area contributed by atoms with Gasteiger partial charge in [0.15, 0.2) is 6.29 Å². The number of allylic oxidation sites excluding steroid dienone is 4. The zero-order valence-electron chi connectivity index (χ0n) is 32.8. The van der Waals surface area contributed by atoms with Crippen LogP contribution in [0.1, 0.15) is 162 Å². The Labute approximate surface area is 321 Å². The molecule has 0 aromatic rings. The maximum Gasteiger partial charge on any atom is 0.397 e. The molecule has 0 aliphatic carbocycles. The van der Waals surface area contributed by atoms with Gasteiger partial charge in [0.05, 0.1) is 19.8 Å². The fourth-order valence-electron chi connectivity index (χ4n) is 6.17. The highest BCUT2D eigenvalue weighted by Gasteiger charge is 2.48.